The monoisotopic (exact) mass is 286 g/mol. The SMILES string of the molecule is COc1cc2c(cc1N)-c1cnn(C)c1CCN2C(C)C. The average Bonchev–Trinajstić information content (AvgIpc) is 2.72. The summed E-state index contributed by atoms with van der Waals surface area (Å²) in [6.07, 6.45) is 2.91. The van der Waals surface area contributed by atoms with Crippen LogP contribution >= 0.6 is 0 Å². The lowest BCUT2D eigenvalue weighted by molar-refractivity contribution is 0.417. The molecule has 1 aromatic heterocycles. The predicted octanol–water partition coefficient (Wildman–Crippen LogP) is 2.45. The quantitative estimate of drug-likeness (QED) is 0.862. The van der Waals surface area contributed by atoms with E-state index in [4.69, 9.17) is 10.5 Å². The van der Waals surface area contributed by atoms with Gasteiger partial charge in [0.05, 0.1) is 19.0 Å². The molecule has 0 fully saturated rings. The molecule has 112 valence electrons. The molecule has 0 amide bonds. The van der Waals surface area contributed by atoms with Crippen molar-refractivity contribution in [1.82, 2.24) is 9.78 Å². The third-order valence-corrected chi connectivity index (χ3v) is 4.22. The molecule has 2 aromatic rings. The number of anilines is 2. The van der Waals surface area contributed by atoms with Crippen molar-refractivity contribution in [2.45, 2.75) is 26.3 Å². The summed E-state index contributed by atoms with van der Waals surface area (Å²) >= 11 is 0. The normalized spacial score (nSPS) is 13.9. The number of benzene rings is 1. The molecule has 1 aliphatic rings. The van der Waals surface area contributed by atoms with Crippen molar-refractivity contribution >= 4 is 11.4 Å². The van der Waals surface area contributed by atoms with E-state index in [1.54, 1.807) is 7.11 Å². The minimum Gasteiger partial charge on any atom is -0.495 e. The van der Waals surface area contributed by atoms with E-state index in [1.807, 2.05) is 30.1 Å². The zero-order chi connectivity index (χ0) is 15.1. The van der Waals surface area contributed by atoms with Crippen molar-refractivity contribution in [2.24, 2.45) is 7.05 Å². The van der Waals surface area contributed by atoms with Gasteiger partial charge in [0.25, 0.3) is 0 Å². The molecule has 2 N–H and O–H groups in total. The second-order valence-electron chi connectivity index (χ2n) is 5.78. The van der Waals surface area contributed by atoms with Gasteiger partial charge < -0.3 is 15.4 Å². The van der Waals surface area contributed by atoms with Crippen LogP contribution in [0.2, 0.25) is 0 Å². The first-order chi connectivity index (χ1) is 10.0. The first kappa shape index (κ1) is 13.8. The maximum absolute atomic E-state index is 6.12. The Morgan fingerprint density at radius 3 is 2.71 bits per heavy atom. The summed E-state index contributed by atoms with van der Waals surface area (Å²) in [5, 5.41) is 4.41. The van der Waals surface area contributed by atoms with E-state index in [0.29, 0.717) is 11.7 Å². The van der Waals surface area contributed by atoms with Crippen LogP contribution in [0.1, 0.15) is 19.5 Å². The van der Waals surface area contributed by atoms with E-state index >= 15 is 0 Å². The van der Waals surface area contributed by atoms with Crippen molar-refractivity contribution in [1.29, 1.82) is 0 Å². The average molecular weight is 286 g/mol. The minimum atomic E-state index is 0.416. The fourth-order valence-corrected chi connectivity index (χ4v) is 3.08. The Labute approximate surface area is 125 Å². The second-order valence-corrected chi connectivity index (χ2v) is 5.78. The highest BCUT2D eigenvalue weighted by molar-refractivity contribution is 5.86. The molecule has 0 unspecified atom stereocenters. The summed E-state index contributed by atoms with van der Waals surface area (Å²) in [4.78, 5) is 2.40. The van der Waals surface area contributed by atoms with Gasteiger partial charge in [-0.25, -0.2) is 0 Å². The van der Waals surface area contributed by atoms with Crippen LogP contribution in [0.4, 0.5) is 11.4 Å². The zero-order valence-electron chi connectivity index (χ0n) is 13.1. The Kier molecular flexibility index (Phi) is 3.27. The molecule has 5 heteroatoms. The number of nitrogens with two attached hydrogens (primary N) is 1. The fraction of sp³-hybridized carbons (Fsp3) is 0.438. The molecule has 1 aromatic carbocycles. The van der Waals surface area contributed by atoms with Crippen LogP contribution in [0.25, 0.3) is 11.1 Å². The zero-order valence-corrected chi connectivity index (χ0v) is 13.1. The number of nitrogen functional groups attached to an aromatic ring is 1. The number of nitrogens with zero attached hydrogens (tertiary/aromatic N) is 3. The summed E-state index contributed by atoms with van der Waals surface area (Å²) in [7, 11) is 3.65. The van der Waals surface area contributed by atoms with Crippen molar-refractivity contribution in [2.75, 3.05) is 24.3 Å². The highest BCUT2D eigenvalue weighted by atomic mass is 16.5. The minimum absolute atomic E-state index is 0.416. The van der Waals surface area contributed by atoms with Crippen molar-refractivity contribution in [3.63, 3.8) is 0 Å². The van der Waals surface area contributed by atoms with Crippen molar-refractivity contribution in [3.8, 4) is 16.9 Å². The van der Waals surface area contributed by atoms with Crippen LogP contribution in [0.15, 0.2) is 18.3 Å². The Hall–Kier alpha value is -2.17. The van der Waals surface area contributed by atoms with Gasteiger partial charge in [0.2, 0.25) is 0 Å². The van der Waals surface area contributed by atoms with Gasteiger partial charge in [-0.2, -0.15) is 5.10 Å². The third-order valence-electron chi connectivity index (χ3n) is 4.22. The van der Waals surface area contributed by atoms with E-state index in [0.717, 1.165) is 24.3 Å². The lowest BCUT2D eigenvalue weighted by atomic mass is 10.0. The Balaban J connectivity index is 2.26. The number of rotatable bonds is 2. The molecule has 0 atom stereocenters. The van der Waals surface area contributed by atoms with Gasteiger partial charge in [-0.1, -0.05) is 0 Å². The van der Waals surface area contributed by atoms with E-state index in [9.17, 15) is 0 Å². The third kappa shape index (κ3) is 2.13. The largest absolute Gasteiger partial charge is 0.495 e. The van der Waals surface area contributed by atoms with Crippen molar-refractivity contribution < 1.29 is 4.74 Å². The molecule has 5 nitrogen and oxygen atoms in total. The molecule has 0 saturated heterocycles. The van der Waals surface area contributed by atoms with Crippen LogP contribution in [-0.4, -0.2) is 29.5 Å². The summed E-state index contributed by atoms with van der Waals surface area (Å²) in [6, 6.07) is 4.47. The van der Waals surface area contributed by atoms with Gasteiger partial charge in [0, 0.05) is 54.6 Å². The van der Waals surface area contributed by atoms with E-state index in [1.165, 1.54) is 16.9 Å². The van der Waals surface area contributed by atoms with Gasteiger partial charge in [-0.05, 0) is 19.9 Å². The van der Waals surface area contributed by atoms with Gasteiger partial charge in [0.1, 0.15) is 5.75 Å². The topological polar surface area (TPSA) is 56.3 Å². The lowest BCUT2D eigenvalue weighted by Gasteiger charge is -2.29. The Morgan fingerprint density at radius 1 is 1.29 bits per heavy atom. The maximum Gasteiger partial charge on any atom is 0.143 e. The summed E-state index contributed by atoms with van der Waals surface area (Å²) < 4.78 is 7.36. The highest BCUT2D eigenvalue weighted by Crippen LogP contribution is 2.41. The Bertz CT molecular complexity index is 675. The number of aryl methyl sites for hydroxylation is 1. The highest BCUT2D eigenvalue weighted by Gasteiger charge is 2.25. The first-order valence-corrected chi connectivity index (χ1v) is 7.28. The number of methoxy groups -OCH3 is 1. The molecule has 2 heterocycles. The number of hydrogen-bond donors (Lipinski definition) is 1. The lowest BCUT2D eigenvalue weighted by Crippen LogP contribution is -2.32. The molecular weight excluding hydrogens is 264 g/mol. The van der Waals surface area contributed by atoms with Gasteiger partial charge in [-0.3, -0.25) is 4.68 Å². The molecular formula is C16H22N4O. The van der Waals surface area contributed by atoms with Crippen LogP contribution < -0.4 is 15.4 Å². The van der Waals surface area contributed by atoms with Gasteiger partial charge >= 0.3 is 0 Å². The van der Waals surface area contributed by atoms with Gasteiger partial charge in [-0.15, -0.1) is 0 Å². The molecule has 1 aliphatic heterocycles. The molecule has 0 aliphatic carbocycles. The molecule has 21 heavy (non-hydrogen) atoms. The number of fused-ring (bicyclic) bond motifs is 3. The first-order valence-electron chi connectivity index (χ1n) is 7.28. The van der Waals surface area contributed by atoms with E-state index in [-0.39, 0.29) is 0 Å². The molecule has 0 saturated carbocycles. The molecule has 0 bridgehead atoms. The summed E-state index contributed by atoms with van der Waals surface area (Å²) in [5.41, 5.74) is 11.5. The molecule has 3 rings (SSSR count). The standard InChI is InChI=1S/C16H22N4O/c1-10(2)20-6-5-14-12(9-18-19(14)3)11-7-13(17)16(21-4)8-15(11)20/h7-10H,5-6,17H2,1-4H3. The summed E-state index contributed by atoms with van der Waals surface area (Å²) in [6.45, 7) is 5.38. The fourth-order valence-electron chi connectivity index (χ4n) is 3.08. The smallest absolute Gasteiger partial charge is 0.143 e. The molecule has 0 spiro atoms. The maximum atomic E-state index is 6.12. The van der Waals surface area contributed by atoms with Gasteiger partial charge in [0.15, 0.2) is 0 Å². The number of hydrogen-bond acceptors (Lipinski definition) is 4. The van der Waals surface area contributed by atoms with Crippen molar-refractivity contribution in [3.05, 3.63) is 24.0 Å². The number of ether oxygens (including phenoxy) is 1. The summed E-state index contributed by atoms with van der Waals surface area (Å²) in [5.74, 6) is 0.728. The van der Waals surface area contributed by atoms with Crippen LogP contribution in [-0.2, 0) is 13.5 Å². The molecule has 0 radical (unpaired) electrons. The van der Waals surface area contributed by atoms with Crippen LogP contribution in [0.5, 0.6) is 5.75 Å². The van der Waals surface area contributed by atoms with E-state index in [2.05, 4.69) is 23.8 Å². The Morgan fingerprint density at radius 2 is 2.05 bits per heavy atom. The van der Waals surface area contributed by atoms with Crippen LogP contribution in [0.3, 0.4) is 0 Å². The second kappa shape index (κ2) is 4.98. The van der Waals surface area contributed by atoms with E-state index < -0.39 is 0 Å². The predicted molar refractivity (Wildman–Crippen MR) is 85.8 cm³/mol. The number of aromatic nitrogens is 2. The van der Waals surface area contributed by atoms with Crippen LogP contribution in [0, 0.1) is 0 Å².